The van der Waals surface area contributed by atoms with E-state index in [0.717, 1.165) is 15.7 Å². The van der Waals surface area contributed by atoms with E-state index in [9.17, 15) is 22.8 Å². The molecule has 1 N–H and O–H groups in total. The molecule has 0 aliphatic rings. The first-order chi connectivity index (χ1) is 9.11. The molecule has 1 rings (SSSR count). The van der Waals surface area contributed by atoms with E-state index >= 15 is 0 Å². The molecule has 0 aliphatic carbocycles. The van der Waals surface area contributed by atoms with Crippen LogP contribution < -0.4 is 0 Å². The lowest BCUT2D eigenvalue weighted by atomic mass is 10.1. The third-order valence-electron chi connectivity index (χ3n) is 2.71. The first-order valence-corrected chi connectivity index (χ1v) is 5.82. The number of amides is 1. The molecule has 0 aliphatic heterocycles. The van der Waals surface area contributed by atoms with Crippen LogP contribution in [0.5, 0.6) is 0 Å². The molecular weight excluding hydrogens is 277 g/mol. The maximum Gasteiger partial charge on any atom is 0.406 e. The summed E-state index contributed by atoms with van der Waals surface area (Å²) in [6, 6.07) is 2.61. The lowest BCUT2D eigenvalue weighted by molar-refractivity contribution is -0.141. The highest BCUT2D eigenvalue weighted by molar-refractivity contribution is 5.92. The molecular formula is C12H15F3N2O3. The molecule has 1 amide bonds. The van der Waals surface area contributed by atoms with Crippen molar-refractivity contribution in [3.05, 3.63) is 24.0 Å². The number of alkyl halides is 3. The number of hydrogen-bond donors (Lipinski definition) is 1. The van der Waals surface area contributed by atoms with Gasteiger partial charge < -0.3 is 14.6 Å². The van der Waals surface area contributed by atoms with Gasteiger partial charge in [0.05, 0.1) is 5.92 Å². The maximum absolute atomic E-state index is 12.4. The molecule has 0 bridgehead atoms. The van der Waals surface area contributed by atoms with Crippen LogP contribution in [0.1, 0.15) is 17.4 Å². The van der Waals surface area contributed by atoms with Crippen molar-refractivity contribution >= 4 is 11.9 Å². The summed E-state index contributed by atoms with van der Waals surface area (Å²) >= 11 is 0. The van der Waals surface area contributed by atoms with Crippen LogP contribution in [0.25, 0.3) is 0 Å². The van der Waals surface area contributed by atoms with Gasteiger partial charge in [0.1, 0.15) is 12.2 Å². The van der Waals surface area contributed by atoms with Crippen molar-refractivity contribution in [2.45, 2.75) is 19.6 Å². The van der Waals surface area contributed by atoms with Crippen molar-refractivity contribution in [3.8, 4) is 0 Å². The number of aliphatic carboxylic acids is 1. The Morgan fingerprint density at radius 2 is 2.05 bits per heavy atom. The normalized spacial score (nSPS) is 13.1. The Morgan fingerprint density at radius 3 is 2.55 bits per heavy atom. The molecule has 0 fully saturated rings. The van der Waals surface area contributed by atoms with E-state index in [1.54, 1.807) is 0 Å². The van der Waals surface area contributed by atoms with Crippen LogP contribution in [-0.2, 0) is 11.3 Å². The fraction of sp³-hybridized carbons (Fsp3) is 0.500. The summed E-state index contributed by atoms with van der Waals surface area (Å²) in [7, 11) is 1.35. The number of nitrogens with zero attached hydrogens (tertiary/aromatic N) is 2. The van der Waals surface area contributed by atoms with Crippen molar-refractivity contribution in [2.24, 2.45) is 5.92 Å². The second kappa shape index (κ2) is 5.98. The van der Waals surface area contributed by atoms with Gasteiger partial charge in [0.2, 0.25) is 0 Å². The third-order valence-corrected chi connectivity index (χ3v) is 2.71. The minimum Gasteiger partial charge on any atom is -0.481 e. The summed E-state index contributed by atoms with van der Waals surface area (Å²) in [5.74, 6) is -2.52. The molecule has 0 saturated heterocycles. The van der Waals surface area contributed by atoms with Gasteiger partial charge in [-0.1, -0.05) is 6.92 Å². The number of aromatic nitrogens is 1. The Morgan fingerprint density at radius 1 is 1.45 bits per heavy atom. The van der Waals surface area contributed by atoms with E-state index in [-0.39, 0.29) is 12.2 Å². The summed E-state index contributed by atoms with van der Waals surface area (Å²) in [5, 5.41) is 8.76. The first kappa shape index (κ1) is 16.1. The zero-order valence-electron chi connectivity index (χ0n) is 11.0. The average Bonchev–Trinajstić information content (AvgIpc) is 2.73. The van der Waals surface area contributed by atoms with Gasteiger partial charge in [0.25, 0.3) is 5.91 Å². The van der Waals surface area contributed by atoms with Gasteiger partial charge in [0, 0.05) is 19.8 Å². The Bertz CT molecular complexity index is 496. The highest BCUT2D eigenvalue weighted by atomic mass is 19.4. The zero-order chi connectivity index (χ0) is 15.5. The highest BCUT2D eigenvalue weighted by Gasteiger charge is 2.30. The average molecular weight is 292 g/mol. The summed E-state index contributed by atoms with van der Waals surface area (Å²) in [6.45, 7) is 0.0790. The Labute approximate surface area is 113 Å². The minimum atomic E-state index is -4.43. The second-order valence-electron chi connectivity index (χ2n) is 4.56. The van der Waals surface area contributed by atoms with E-state index < -0.39 is 30.5 Å². The van der Waals surface area contributed by atoms with Gasteiger partial charge in [-0.15, -0.1) is 0 Å². The molecule has 1 aromatic heterocycles. The summed E-state index contributed by atoms with van der Waals surface area (Å²) < 4.78 is 37.9. The van der Waals surface area contributed by atoms with Crippen molar-refractivity contribution < 1.29 is 27.9 Å². The number of carboxylic acid groups (broad SMARTS) is 1. The smallest absolute Gasteiger partial charge is 0.406 e. The molecule has 1 aromatic rings. The number of carbonyl (C=O) groups is 2. The predicted octanol–water partition coefficient (Wildman–Crippen LogP) is 1.84. The van der Waals surface area contributed by atoms with Gasteiger partial charge in [-0.3, -0.25) is 9.59 Å². The molecule has 0 spiro atoms. The Kier molecular flexibility index (Phi) is 4.80. The minimum absolute atomic E-state index is 0.0780. The van der Waals surface area contributed by atoms with Gasteiger partial charge >= 0.3 is 12.1 Å². The summed E-state index contributed by atoms with van der Waals surface area (Å²) in [5.41, 5.74) is -0.123. The van der Waals surface area contributed by atoms with Crippen LogP contribution in [0, 0.1) is 5.92 Å². The molecule has 0 saturated carbocycles. The van der Waals surface area contributed by atoms with Crippen LogP contribution in [0.2, 0.25) is 0 Å². The van der Waals surface area contributed by atoms with E-state index in [0.29, 0.717) is 0 Å². The SMILES string of the molecule is CC(CN(C)C(=O)c1cccn1CC(F)(F)F)C(=O)O. The van der Waals surface area contributed by atoms with Gasteiger partial charge in [-0.25, -0.2) is 0 Å². The molecule has 0 radical (unpaired) electrons. The topological polar surface area (TPSA) is 62.5 Å². The molecule has 1 atom stereocenters. The standard InChI is InChI=1S/C12H15F3N2O3/c1-8(11(19)20)6-16(2)10(18)9-4-3-5-17(9)7-12(13,14)15/h3-5,8H,6-7H2,1-2H3,(H,19,20). The lowest BCUT2D eigenvalue weighted by Crippen LogP contribution is -2.35. The van der Waals surface area contributed by atoms with Crippen molar-refractivity contribution in [1.82, 2.24) is 9.47 Å². The van der Waals surface area contributed by atoms with Crippen LogP contribution in [0.4, 0.5) is 13.2 Å². The number of hydrogen-bond acceptors (Lipinski definition) is 2. The second-order valence-corrected chi connectivity index (χ2v) is 4.56. The number of carbonyl (C=O) groups excluding carboxylic acids is 1. The fourth-order valence-electron chi connectivity index (χ4n) is 1.71. The van der Waals surface area contributed by atoms with E-state index in [4.69, 9.17) is 5.11 Å². The Balaban J connectivity index is 2.82. The van der Waals surface area contributed by atoms with Crippen LogP contribution in [-0.4, -0.2) is 46.2 Å². The number of carboxylic acids is 1. The molecule has 1 unspecified atom stereocenters. The Hall–Kier alpha value is -1.99. The van der Waals surface area contributed by atoms with Gasteiger partial charge in [-0.2, -0.15) is 13.2 Å². The largest absolute Gasteiger partial charge is 0.481 e. The van der Waals surface area contributed by atoms with Crippen LogP contribution in [0.3, 0.4) is 0 Å². The molecule has 0 aromatic carbocycles. The van der Waals surface area contributed by atoms with E-state index in [1.807, 2.05) is 0 Å². The van der Waals surface area contributed by atoms with Crippen LogP contribution >= 0.6 is 0 Å². The van der Waals surface area contributed by atoms with Gasteiger partial charge in [0.15, 0.2) is 0 Å². The monoisotopic (exact) mass is 292 g/mol. The zero-order valence-corrected chi connectivity index (χ0v) is 11.0. The van der Waals surface area contributed by atoms with Crippen LogP contribution in [0.15, 0.2) is 18.3 Å². The van der Waals surface area contributed by atoms with Crippen molar-refractivity contribution in [1.29, 1.82) is 0 Å². The predicted molar refractivity (Wildman–Crippen MR) is 64.2 cm³/mol. The molecule has 112 valence electrons. The summed E-state index contributed by atoms with van der Waals surface area (Å²) in [6.07, 6.45) is -3.27. The molecule has 8 heteroatoms. The third kappa shape index (κ3) is 4.29. The van der Waals surface area contributed by atoms with Gasteiger partial charge in [-0.05, 0) is 12.1 Å². The number of halogens is 3. The van der Waals surface area contributed by atoms with Crippen molar-refractivity contribution in [2.75, 3.05) is 13.6 Å². The molecule has 5 nitrogen and oxygen atoms in total. The highest BCUT2D eigenvalue weighted by Crippen LogP contribution is 2.19. The van der Waals surface area contributed by atoms with E-state index in [1.165, 1.54) is 26.1 Å². The first-order valence-electron chi connectivity index (χ1n) is 5.82. The summed E-state index contributed by atoms with van der Waals surface area (Å²) in [4.78, 5) is 23.8. The number of rotatable bonds is 5. The lowest BCUT2D eigenvalue weighted by Gasteiger charge is -2.20. The molecule has 1 heterocycles. The van der Waals surface area contributed by atoms with Crippen molar-refractivity contribution in [3.63, 3.8) is 0 Å². The van der Waals surface area contributed by atoms with E-state index in [2.05, 4.69) is 0 Å². The fourth-order valence-corrected chi connectivity index (χ4v) is 1.71. The molecule has 20 heavy (non-hydrogen) atoms. The quantitative estimate of drug-likeness (QED) is 0.900. The maximum atomic E-state index is 12.4.